The van der Waals surface area contributed by atoms with Crippen molar-refractivity contribution in [1.82, 2.24) is 19.4 Å². The molecule has 0 saturated carbocycles. The summed E-state index contributed by atoms with van der Waals surface area (Å²) in [5.74, 6) is 0.379. The Balaban J connectivity index is 1.53. The molecule has 0 bridgehead atoms. The molecule has 4 rings (SSSR count). The van der Waals surface area contributed by atoms with Crippen LogP contribution in [0.3, 0.4) is 0 Å². The number of para-hydroxylation sites is 2. The minimum absolute atomic E-state index is 0.239. The molecule has 4 aromatic rings. The van der Waals surface area contributed by atoms with Gasteiger partial charge in [-0.3, -0.25) is 15.0 Å². The number of amides is 1. The van der Waals surface area contributed by atoms with Crippen molar-refractivity contribution in [1.29, 1.82) is 0 Å². The van der Waals surface area contributed by atoms with Crippen molar-refractivity contribution in [3.63, 3.8) is 0 Å². The first-order chi connectivity index (χ1) is 14.6. The summed E-state index contributed by atoms with van der Waals surface area (Å²) in [5, 5.41) is 4.99. The average Bonchev–Trinajstić information content (AvgIpc) is 3.19. The summed E-state index contributed by atoms with van der Waals surface area (Å²) in [5.41, 5.74) is 2.98. The van der Waals surface area contributed by atoms with Crippen LogP contribution in [0, 0.1) is 0 Å². The molecule has 0 unspecified atom stereocenters. The molecule has 0 radical (unpaired) electrons. The van der Waals surface area contributed by atoms with Crippen molar-refractivity contribution in [2.45, 2.75) is 0 Å². The molecule has 0 aliphatic rings. The number of rotatable bonds is 6. The zero-order chi connectivity index (χ0) is 21.1. The summed E-state index contributed by atoms with van der Waals surface area (Å²) >= 11 is 6.03. The molecule has 152 valence electrons. The zero-order valence-corrected chi connectivity index (χ0v) is 16.5. The molecule has 9 nitrogen and oxygen atoms in total. The van der Waals surface area contributed by atoms with Gasteiger partial charge in [0.25, 0.3) is 11.5 Å². The summed E-state index contributed by atoms with van der Waals surface area (Å²) in [6.07, 6.45) is 2.61. The van der Waals surface area contributed by atoms with Gasteiger partial charge in [-0.2, -0.15) is 5.10 Å². The van der Waals surface area contributed by atoms with Crippen molar-refractivity contribution in [2.75, 3.05) is 19.1 Å². The quantitative estimate of drug-likeness (QED) is 0.509. The second-order valence-corrected chi connectivity index (χ2v) is 6.60. The van der Waals surface area contributed by atoms with Crippen LogP contribution >= 0.6 is 11.6 Å². The molecule has 2 heterocycles. The first-order valence-corrected chi connectivity index (χ1v) is 9.21. The van der Waals surface area contributed by atoms with E-state index in [1.807, 2.05) is 0 Å². The highest BCUT2D eigenvalue weighted by atomic mass is 35.5. The first-order valence-electron chi connectivity index (χ1n) is 8.84. The number of hydrogen-bond donors (Lipinski definition) is 1. The van der Waals surface area contributed by atoms with Crippen LogP contribution in [-0.4, -0.2) is 39.1 Å². The van der Waals surface area contributed by atoms with Crippen LogP contribution in [0.2, 0.25) is 5.02 Å². The fourth-order valence-electron chi connectivity index (χ4n) is 2.84. The van der Waals surface area contributed by atoms with E-state index >= 15 is 0 Å². The Morgan fingerprint density at radius 1 is 1.17 bits per heavy atom. The smallest absolute Gasteiger partial charge is 0.283 e. The van der Waals surface area contributed by atoms with E-state index in [-0.39, 0.29) is 12.0 Å². The van der Waals surface area contributed by atoms with Crippen molar-refractivity contribution in [3.8, 4) is 17.2 Å². The van der Waals surface area contributed by atoms with Gasteiger partial charge in [-0.1, -0.05) is 29.8 Å². The van der Waals surface area contributed by atoms with E-state index in [1.54, 1.807) is 48.5 Å². The van der Waals surface area contributed by atoms with Gasteiger partial charge in [0.2, 0.25) is 0 Å². The van der Waals surface area contributed by atoms with Crippen LogP contribution in [0.4, 0.5) is 0 Å². The van der Waals surface area contributed by atoms with Crippen molar-refractivity contribution < 1.29 is 14.3 Å². The van der Waals surface area contributed by atoms with Crippen LogP contribution < -0.4 is 20.5 Å². The van der Waals surface area contributed by atoms with Gasteiger partial charge in [0.1, 0.15) is 11.7 Å². The standard InChI is InChI=1S/C20H16ClN5O4/c1-29-16-7-2-3-8-17(16)30-11-18(27)24-25-12-22-19-15(20(25)28)10-23-26(19)14-6-4-5-13(21)9-14/h2-10,12H,11H2,1H3,(H,24,27). The molecule has 30 heavy (non-hydrogen) atoms. The minimum atomic E-state index is -0.536. The number of aromatic nitrogens is 4. The van der Waals surface area contributed by atoms with Gasteiger partial charge in [-0.25, -0.2) is 14.3 Å². The van der Waals surface area contributed by atoms with E-state index in [9.17, 15) is 9.59 Å². The number of halogens is 1. The number of fused-ring (bicyclic) bond motifs is 1. The van der Waals surface area contributed by atoms with Crippen LogP contribution in [0.1, 0.15) is 0 Å². The molecule has 0 saturated heterocycles. The topological polar surface area (TPSA) is 100 Å². The highest BCUT2D eigenvalue weighted by molar-refractivity contribution is 6.30. The summed E-state index contributed by atoms with van der Waals surface area (Å²) in [4.78, 5) is 29.2. The van der Waals surface area contributed by atoms with Crippen molar-refractivity contribution >= 4 is 28.5 Å². The molecular formula is C20H16ClN5O4. The second-order valence-electron chi connectivity index (χ2n) is 6.17. The van der Waals surface area contributed by atoms with E-state index in [0.717, 1.165) is 4.68 Å². The Morgan fingerprint density at radius 3 is 2.73 bits per heavy atom. The number of benzene rings is 2. The fourth-order valence-corrected chi connectivity index (χ4v) is 3.02. The summed E-state index contributed by atoms with van der Waals surface area (Å²) in [6, 6.07) is 13.9. The van der Waals surface area contributed by atoms with Crippen LogP contribution in [0.5, 0.6) is 11.5 Å². The van der Waals surface area contributed by atoms with E-state index in [2.05, 4.69) is 15.5 Å². The van der Waals surface area contributed by atoms with Crippen LogP contribution in [0.15, 0.2) is 65.8 Å². The van der Waals surface area contributed by atoms with E-state index < -0.39 is 11.5 Å². The van der Waals surface area contributed by atoms with E-state index in [0.29, 0.717) is 27.9 Å². The van der Waals surface area contributed by atoms with Gasteiger partial charge in [-0.05, 0) is 30.3 Å². The molecule has 2 aromatic carbocycles. The SMILES string of the molecule is COc1ccccc1OCC(=O)Nn1cnc2c(cnn2-c2cccc(Cl)c2)c1=O. The largest absolute Gasteiger partial charge is 0.493 e. The molecule has 0 fully saturated rings. The van der Waals surface area contributed by atoms with Gasteiger partial charge in [0, 0.05) is 5.02 Å². The Labute approximate surface area is 175 Å². The summed E-state index contributed by atoms with van der Waals surface area (Å²) < 4.78 is 13.1. The van der Waals surface area contributed by atoms with Crippen LogP contribution in [-0.2, 0) is 4.79 Å². The van der Waals surface area contributed by atoms with E-state index in [4.69, 9.17) is 21.1 Å². The van der Waals surface area contributed by atoms with Gasteiger partial charge >= 0.3 is 0 Å². The number of carbonyl (C=O) groups excluding carboxylic acids is 1. The minimum Gasteiger partial charge on any atom is -0.493 e. The van der Waals surface area contributed by atoms with E-state index in [1.165, 1.54) is 24.3 Å². The molecule has 0 aliphatic carbocycles. The molecule has 10 heteroatoms. The Hall–Kier alpha value is -3.85. The van der Waals surface area contributed by atoms with Crippen LogP contribution in [0.25, 0.3) is 16.7 Å². The predicted molar refractivity (Wildman–Crippen MR) is 111 cm³/mol. The molecule has 1 amide bonds. The molecule has 2 aromatic heterocycles. The lowest BCUT2D eigenvalue weighted by Crippen LogP contribution is -2.35. The Bertz CT molecular complexity index is 1280. The Morgan fingerprint density at radius 2 is 1.97 bits per heavy atom. The van der Waals surface area contributed by atoms with Gasteiger partial charge in [0.15, 0.2) is 23.8 Å². The predicted octanol–water partition coefficient (Wildman–Crippen LogP) is 2.39. The van der Waals surface area contributed by atoms with Crippen molar-refractivity contribution in [2.24, 2.45) is 0 Å². The Kier molecular flexibility index (Phi) is 5.36. The highest BCUT2D eigenvalue weighted by Gasteiger charge is 2.14. The number of nitrogens with one attached hydrogen (secondary N) is 1. The van der Waals surface area contributed by atoms with Gasteiger partial charge in [-0.15, -0.1) is 0 Å². The monoisotopic (exact) mass is 425 g/mol. The van der Waals surface area contributed by atoms with Gasteiger partial charge < -0.3 is 9.47 Å². The molecule has 0 spiro atoms. The maximum Gasteiger partial charge on any atom is 0.283 e. The fraction of sp³-hybridized carbons (Fsp3) is 0.100. The maximum absolute atomic E-state index is 12.7. The second kappa shape index (κ2) is 8.26. The first kappa shape index (κ1) is 19.5. The number of nitrogens with zero attached hydrogens (tertiary/aromatic N) is 4. The third-order valence-corrected chi connectivity index (χ3v) is 4.45. The number of ether oxygens (including phenoxy) is 2. The lowest BCUT2D eigenvalue weighted by Gasteiger charge is -2.11. The molecule has 1 N–H and O–H groups in total. The average molecular weight is 426 g/mol. The number of methoxy groups -OCH3 is 1. The zero-order valence-electron chi connectivity index (χ0n) is 15.8. The van der Waals surface area contributed by atoms with Gasteiger partial charge in [0.05, 0.1) is 19.0 Å². The molecule has 0 atom stereocenters. The lowest BCUT2D eigenvalue weighted by molar-refractivity contribution is -0.119. The lowest BCUT2D eigenvalue weighted by atomic mass is 10.3. The number of carbonyl (C=O) groups is 1. The third kappa shape index (κ3) is 3.83. The summed E-state index contributed by atoms with van der Waals surface area (Å²) in [6.45, 7) is -0.313. The highest BCUT2D eigenvalue weighted by Crippen LogP contribution is 2.25. The normalized spacial score (nSPS) is 10.7. The molecular weight excluding hydrogens is 410 g/mol. The maximum atomic E-state index is 12.7. The molecule has 0 aliphatic heterocycles. The third-order valence-electron chi connectivity index (χ3n) is 4.21. The van der Waals surface area contributed by atoms with Crippen molar-refractivity contribution in [3.05, 3.63) is 76.4 Å². The number of hydrogen-bond acceptors (Lipinski definition) is 6. The summed E-state index contributed by atoms with van der Waals surface area (Å²) in [7, 11) is 1.51.